The fraction of sp³-hybridized carbons (Fsp3) is 0.857. The minimum Gasteiger partial charge on any atom is -0.323 e. The van der Waals surface area contributed by atoms with Gasteiger partial charge < -0.3 is 5.32 Å². The molecule has 0 radical (unpaired) electrons. The maximum absolute atomic E-state index is 12.5. The number of nitrogens with zero attached hydrogens (tertiary/aromatic N) is 2. The lowest BCUT2D eigenvalue weighted by Gasteiger charge is -2.36. The Labute approximate surface area is 132 Å². The van der Waals surface area contributed by atoms with Crippen molar-refractivity contribution in [2.45, 2.75) is 51.5 Å². The van der Waals surface area contributed by atoms with E-state index in [9.17, 15) is 18.0 Å². The second-order valence-corrected chi connectivity index (χ2v) is 8.13. The van der Waals surface area contributed by atoms with E-state index in [2.05, 4.69) is 5.32 Å². The van der Waals surface area contributed by atoms with E-state index in [1.165, 1.54) is 9.21 Å². The van der Waals surface area contributed by atoms with E-state index in [1.807, 2.05) is 13.8 Å². The highest BCUT2D eigenvalue weighted by Crippen LogP contribution is 2.30. The van der Waals surface area contributed by atoms with E-state index >= 15 is 0 Å². The van der Waals surface area contributed by atoms with Crippen LogP contribution < -0.4 is 5.32 Å². The van der Waals surface area contributed by atoms with Gasteiger partial charge >= 0.3 is 6.03 Å². The van der Waals surface area contributed by atoms with Gasteiger partial charge in [-0.15, -0.1) is 0 Å². The molecule has 22 heavy (non-hydrogen) atoms. The summed E-state index contributed by atoms with van der Waals surface area (Å²) in [6, 6.07) is -0.353. The van der Waals surface area contributed by atoms with E-state index < -0.39 is 15.6 Å². The lowest BCUT2D eigenvalue weighted by atomic mass is 9.88. The number of sulfonamides is 1. The van der Waals surface area contributed by atoms with Gasteiger partial charge in [-0.1, -0.05) is 20.3 Å². The van der Waals surface area contributed by atoms with E-state index in [1.54, 1.807) is 0 Å². The van der Waals surface area contributed by atoms with Gasteiger partial charge in [-0.05, 0) is 25.7 Å². The van der Waals surface area contributed by atoms with Gasteiger partial charge in [0, 0.05) is 19.6 Å². The van der Waals surface area contributed by atoms with Crippen LogP contribution >= 0.6 is 0 Å². The van der Waals surface area contributed by atoms with Gasteiger partial charge in [0.25, 0.3) is 5.91 Å². The molecule has 8 heteroatoms. The second-order valence-electron chi connectivity index (χ2n) is 6.04. The summed E-state index contributed by atoms with van der Waals surface area (Å²) in [6.45, 7) is 4.85. The fourth-order valence-corrected chi connectivity index (χ4v) is 4.69. The van der Waals surface area contributed by atoms with Crippen molar-refractivity contribution in [3.05, 3.63) is 0 Å². The fourth-order valence-electron chi connectivity index (χ4n) is 3.04. The van der Waals surface area contributed by atoms with Crippen molar-refractivity contribution in [3.63, 3.8) is 0 Å². The molecule has 0 aromatic heterocycles. The lowest BCUT2D eigenvalue weighted by molar-refractivity contribution is -0.132. The van der Waals surface area contributed by atoms with E-state index in [0.29, 0.717) is 32.2 Å². The minimum atomic E-state index is -3.25. The normalized spacial score (nSPS) is 22.4. The Morgan fingerprint density at radius 1 is 1.14 bits per heavy atom. The number of carbonyl (C=O) groups excluding carboxylic acids is 2. The molecule has 0 bridgehead atoms. The third-order valence-corrected chi connectivity index (χ3v) is 6.37. The molecule has 2 fully saturated rings. The molecule has 2 aliphatic rings. The third kappa shape index (κ3) is 3.12. The van der Waals surface area contributed by atoms with Gasteiger partial charge in [0.15, 0.2) is 0 Å². The molecule has 126 valence electrons. The zero-order chi connectivity index (χ0) is 16.4. The Morgan fingerprint density at radius 3 is 2.32 bits per heavy atom. The Hall–Kier alpha value is -1.15. The monoisotopic (exact) mass is 331 g/mol. The van der Waals surface area contributed by atoms with Crippen LogP contribution in [0.3, 0.4) is 0 Å². The molecule has 0 aliphatic carbocycles. The van der Waals surface area contributed by atoms with Crippen LogP contribution in [0.25, 0.3) is 0 Å². The van der Waals surface area contributed by atoms with Crippen LogP contribution in [0.4, 0.5) is 4.79 Å². The first-order valence-electron chi connectivity index (χ1n) is 7.98. The maximum atomic E-state index is 12.5. The van der Waals surface area contributed by atoms with Crippen LogP contribution in [0.1, 0.15) is 46.0 Å². The number of piperidine rings is 1. The zero-order valence-corrected chi connectivity index (χ0v) is 14.1. The number of carbonyl (C=O) groups is 2. The number of hydrogen-bond donors (Lipinski definition) is 1. The number of rotatable bonds is 6. The highest BCUT2D eigenvalue weighted by Gasteiger charge is 2.52. The van der Waals surface area contributed by atoms with Gasteiger partial charge in [-0.25, -0.2) is 17.5 Å². The lowest BCUT2D eigenvalue weighted by Crippen LogP contribution is -2.56. The predicted molar refractivity (Wildman–Crippen MR) is 82.8 cm³/mol. The van der Waals surface area contributed by atoms with Gasteiger partial charge in [0.1, 0.15) is 5.54 Å². The first-order valence-corrected chi connectivity index (χ1v) is 9.59. The number of unbranched alkanes of at least 4 members (excludes halogenated alkanes) is 1. The molecule has 0 saturated carbocycles. The quantitative estimate of drug-likeness (QED) is 0.733. The summed E-state index contributed by atoms with van der Waals surface area (Å²) in [7, 11) is -3.25. The molecular weight excluding hydrogens is 306 g/mol. The van der Waals surface area contributed by atoms with Gasteiger partial charge in [0.05, 0.1) is 5.75 Å². The van der Waals surface area contributed by atoms with Crippen LogP contribution in [-0.2, 0) is 14.8 Å². The summed E-state index contributed by atoms with van der Waals surface area (Å²) in [5, 5.41) is 2.79. The SMILES string of the molecule is CCCCS(=O)(=O)N1CCC2(CC1)NC(=O)N(CCC)C2=O. The smallest absolute Gasteiger partial charge is 0.323 e. The number of hydrogen-bond acceptors (Lipinski definition) is 4. The van der Waals surface area contributed by atoms with Crippen molar-refractivity contribution in [3.8, 4) is 0 Å². The minimum absolute atomic E-state index is 0.152. The summed E-state index contributed by atoms with van der Waals surface area (Å²) < 4.78 is 25.9. The topological polar surface area (TPSA) is 86.8 Å². The maximum Gasteiger partial charge on any atom is 0.325 e. The molecule has 0 aromatic carbocycles. The third-order valence-electron chi connectivity index (χ3n) is 4.42. The van der Waals surface area contributed by atoms with Crippen LogP contribution in [-0.4, -0.2) is 60.5 Å². The van der Waals surface area contributed by atoms with Crippen LogP contribution in [0.5, 0.6) is 0 Å². The van der Waals surface area contributed by atoms with Gasteiger partial charge in [-0.3, -0.25) is 9.69 Å². The molecule has 2 rings (SSSR count). The standard InChI is InChI=1S/C14H25N3O4S/c1-3-5-11-22(20,21)16-9-6-14(7-10-16)12(18)17(8-4-2)13(19)15-14/h3-11H2,1-2H3,(H,15,19). The Morgan fingerprint density at radius 2 is 1.77 bits per heavy atom. The highest BCUT2D eigenvalue weighted by atomic mass is 32.2. The summed E-state index contributed by atoms with van der Waals surface area (Å²) in [6.07, 6.45) is 2.89. The summed E-state index contributed by atoms with van der Waals surface area (Å²) >= 11 is 0. The molecule has 2 heterocycles. The largest absolute Gasteiger partial charge is 0.325 e. The number of nitrogens with one attached hydrogen (secondary N) is 1. The molecule has 0 atom stereocenters. The number of urea groups is 1. The molecule has 2 aliphatic heterocycles. The highest BCUT2D eigenvalue weighted by molar-refractivity contribution is 7.89. The summed E-state index contributed by atoms with van der Waals surface area (Å²) in [4.78, 5) is 25.7. The van der Waals surface area contributed by atoms with Crippen LogP contribution in [0.15, 0.2) is 0 Å². The molecule has 0 unspecified atom stereocenters. The molecule has 7 nitrogen and oxygen atoms in total. The number of imide groups is 1. The summed E-state index contributed by atoms with van der Waals surface area (Å²) in [5.74, 6) is -0.0522. The van der Waals surface area contributed by atoms with Gasteiger partial charge in [-0.2, -0.15) is 0 Å². The predicted octanol–water partition coefficient (Wildman–Crippen LogP) is 0.913. The van der Waals surface area contributed by atoms with Crippen molar-refractivity contribution in [2.24, 2.45) is 0 Å². The zero-order valence-electron chi connectivity index (χ0n) is 13.3. The molecular formula is C14H25N3O4S. The molecule has 1 N–H and O–H groups in total. The van der Waals surface area contributed by atoms with Crippen LogP contribution in [0.2, 0.25) is 0 Å². The van der Waals surface area contributed by atoms with Crippen molar-refractivity contribution >= 4 is 22.0 Å². The number of amides is 3. The Kier molecular flexibility index (Phi) is 5.11. The van der Waals surface area contributed by atoms with Crippen LogP contribution in [0, 0.1) is 0 Å². The average molecular weight is 331 g/mol. The van der Waals surface area contributed by atoms with Crippen molar-refractivity contribution < 1.29 is 18.0 Å². The Bertz CT molecular complexity index is 538. The molecule has 1 spiro atoms. The average Bonchev–Trinajstić information content (AvgIpc) is 2.71. The first kappa shape index (κ1) is 17.2. The van der Waals surface area contributed by atoms with Crippen molar-refractivity contribution in [2.75, 3.05) is 25.4 Å². The van der Waals surface area contributed by atoms with Crippen molar-refractivity contribution in [1.82, 2.24) is 14.5 Å². The van der Waals surface area contributed by atoms with E-state index in [-0.39, 0.29) is 30.8 Å². The van der Waals surface area contributed by atoms with E-state index in [0.717, 1.165) is 6.42 Å². The molecule has 3 amide bonds. The molecule has 2 saturated heterocycles. The van der Waals surface area contributed by atoms with Crippen molar-refractivity contribution in [1.29, 1.82) is 0 Å². The second kappa shape index (κ2) is 6.54. The first-order chi connectivity index (χ1) is 10.4. The van der Waals surface area contributed by atoms with E-state index in [4.69, 9.17) is 0 Å². The van der Waals surface area contributed by atoms with Gasteiger partial charge in [0.2, 0.25) is 10.0 Å². The molecule has 0 aromatic rings. The Balaban J connectivity index is 2.03. The summed E-state index contributed by atoms with van der Waals surface area (Å²) in [5.41, 5.74) is -0.900.